The minimum absolute atomic E-state index is 0.0393. The van der Waals surface area contributed by atoms with E-state index in [1.165, 1.54) is 0 Å². The highest BCUT2D eigenvalue weighted by Crippen LogP contribution is 2.24. The second kappa shape index (κ2) is 6.59. The number of nitrogens with two attached hydrogens (primary N) is 1. The molecule has 0 aliphatic heterocycles. The van der Waals surface area contributed by atoms with Gasteiger partial charge in [0.2, 0.25) is 11.8 Å². The zero-order chi connectivity index (χ0) is 13.6. The minimum Gasteiger partial charge on any atom is -0.357 e. The largest absolute Gasteiger partial charge is 0.357 e. The molecule has 5 nitrogen and oxygen atoms in total. The van der Waals surface area contributed by atoms with Crippen LogP contribution in [-0.4, -0.2) is 31.4 Å². The maximum absolute atomic E-state index is 11.9. The van der Waals surface area contributed by atoms with Crippen molar-refractivity contribution < 1.29 is 9.59 Å². The molecule has 0 aliphatic rings. The van der Waals surface area contributed by atoms with Crippen molar-refractivity contribution in [2.75, 3.05) is 13.6 Å². The van der Waals surface area contributed by atoms with Crippen LogP contribution in [0, 0.1) is 11.3 Å². The van der Waals surface area contributed by atoms with Gasteiger partial charge in [-0.2, -0.15) is 0 Å². The standard InChI is InChI=1S/C12H25N3O2/c1-8(10(16)14-5)15-11(17)9(7-13)6-12(2,3)4/h8-9H,6-7,13H2,1-5H3,(H,14,16)(H,15,17). The molecule has 2 atom stereocenters. The summed E-state index contributed by atoms with van der Waals surface area (Å²) in [4.78, 5) is 23.2. The summed E-state index contributed by atoms with van der Waals surface area (Å²) in [5.41, 5.74) is 5.64. The van der Waals surface area contributed by atoms with Crippen molar-refractivity contribution in [3.8, 4) is 0 Å². The molecule has 0 saturated carbocycles. The summed E-state index contributed by atoms with van der Waals surface area (Å²) < 4.78 is 0. The quantitative estimate of drug-likeness (QED) is 0.647. The van der Waals surface area contributed by atoms with E-state index < -0.39 is 6.04 Å². The Morgan fingerprint density at radius 1 is 1.24 bits per heavy atom. The maximum atomic E-state index is 11.9. The molecule has 0 fully saturated rings. The van der Waals surface area contributed by atoms with Gasteiger partial charge in [-0.25, -0.2) is 0 Å². The second-order valence-corrected chi connectivity index (χ2v) is 5.54. The molecule has 0 bridgehead atoms. The molecule has 0 radical (unpaired) electrons. The van der Waals surface area contributed by atoms with Crippen molar-refractivity contribution in [3.05, 3.63) is 0 Å². The highest BCUT2D eigenvalue weighted by Gasteiger charge is 2.25. The van der Waals surface area contributed by atoms with E-state index >= 15 is 0 Å². The van der Waals surface area contributed by atoms with Gasteiger partial charge >= 0.3 is 0 Å². The Kier molecular flexibility index (Phi) is 6.16. The Morgan fingerprint density at radius 2 is 1.76 bits per heavy atom. The van der Waals surface area contributed by atoms with Crippen molar-refractivity contribution >= 4 is 11.8 Å². The van der Waals surface area contributed by atoms with Crippen LogP contribution < -0.4 is 16.4 Å². The molecule has 100 valence electrons. The third-order valence-electron chi connectivity index (χ3n) is 2.51. The van der Waals surface area contributed by atoms with Gasteiger partial charge in [-0.15, -0.1) is 0 Å². The second-order valence-electron chi connectivity index (χ2n) is 5.54. The lowest BCUT2D eigenvalue weighted by atomic mass is 9.84. The van der Waals surface area contributed by atoms with E-state index in [2.05, 4.69) is 31.4 Å². The Morgan fingerprint density at radius 3 is 2.12 bits per heavy atom. The molecule has 0 aromatic carbocycles. The summed E-state index contributed by atoms with van der Waals surface area (Å²) in [5, 5.41) is 5.16. The van der Waals surface area contributed by atoms with Crippen molar-refractivity contribution in [1.29, 1.82) is 0 Å². The van der Waals surface area contributed by atoms with E-state index in [1.807, 2.05) is 0 Å². The first-order valence-corrected chi connectivity index (χ1v) is 5.93. The Hall–Kier alpha value is -1.10. The van der Waals surface area contributed by atoms with Gasteiger partial charge in [-0.3, -0.25) is 9.59 Å². The van der Waals surface area contributed by atoms with Crippen LogP contribution in [0.15, 0.2) is 0 Å². The van der Waals surface area contributed by atoms with Crippen molar-refractivity contribution in [2.45, 2.75) is 40.2 Å². The predicted octanol–water partition coefficient (Wildman–Crippen LogP) is 0.248. The van der Waals surface area contributed by atoms with Gasteiger partial charge in [0.25, 0.3) is 0 Å². The molecular formula is C12H25N3O2. The first-order valence-electron chi connectivity index (χ1n) is 5.93. The lowest BCUT2D eigenvalue weighted by molar-refractivity contribution is -0.130. The molecule has 0 rings (SSSR count). The maximum Gasteiger partial charge on any atom is 0.242 e. The summed E-state index contributed by atoms with van der Waals surface area (Å²) >= 11 is 0. The van der Waals surface area contributed by atoms with Crippen LogP contribution in [-0.2, 0) is 9.59 Å². The van der Waals surface area contributed by atoms with E-state index in [-0.39, 0.29) is 23.1 Å². The van der Waals surface area contributed by atoms with E-state index in [9.17, 15) is 9.59 Å². The summed E-state index contributed by atoms with van der Waals surface area (Å²) in [7, 11) is 1.54. The minimum atomic E-state index is -0.526. The smallest absolute Gasteiger partial charge is 0.242 e. The van der Waals surface area contributed by atoms with Gasteiger partial charge in [0.15, 0.2) is 0 Å². The first-order chi connectivity index (χ1) is 7.71. The number of hydrogen-bond donors (Lipinski definition) is 3. The van der Waals surface area contributed by atoms with Crippen LogP contribution in [0.2, 0.25) is 0 Å². The van der Waals surface area contributed by atoms with Gasteiger partial charge in [0, 0.05) is 13.6 Å². The molecule has 17 heavy (non-hydrogen) atoms. The number of rotatable bonds is 5. The van der Waals surface area contributed by atoms with Crippen molar-refractivity contribution in [1.82, 2.24) is 10.6 Å². The monoisotopic (exact) mass is 243 g/mol. The highest BCUT2D eigenvalue weighted by molar-refractivity contribution is 5.88. The van der Waals surface area contributed by atoms with Gasteiger partial charge in [-0.05, 0) is 18.8 Å². The number of amides is 2. The van der Waals surface area contributed by atoms with Crippen LogP contribution in [0.25, 0.3) is 0 Å². The average molecular weight is 243 g/mol. The molecule has 0 aromatic heterocycles. The molecule has 0 aromatic rings. The number of hydrogen-bond acceptors (Lipinski definition) is 3. The Bertz CT molecular complexity index is 271. The number of nitrogens with one attached hydrogen (secondary N) is 2. The molecule has 0 spiro atoms. The molecule has 0 heterocycles. The number of likely N-dealkylation sites (N-methyl/N-ethyl adjacent to an activating group) is 1. The molecule has 0 saturated heterocycles. The summed E-state index contributed by atoms with van der Waals surface area (Å²) in [6.45, 7) is 8.13. The predicted molar refractivity (Wildman–Crippen MR) is 68.3 cm³/mol. The number of carbonyl (C=O) groups excluding carboxylic acids is 2. The van der Waals surface area contributed by atoms with Crippen molar-refractivity contribution in [3.63, 3.8) is 0 Å². The highest BCUT2D eigenvalue weighted by atomic mass is 16.2. The third kappa shape index (κ3) is 6.26. The van der Waals surface area contributed by atoms with Gasteiger partial charge in [-0.1, -0.05) is 20.8 Å². The fraction of sp³-hybridized carbons (Fsp3) is 0.833. The average Bonchev–Trinajstić information content (AvgIpc) is 2.23. The van der Waals surface area contributed by atoms with Crippen LogP contribution in [0.1, 0.15) is 34.1 Å². The van der Waals surface area contributed by atoms with Crippen LogP contribution in [0.5, 0.6) is 0 Å². The van der Waals surface area contributed by atoms with Crippen molar-refractivity contribution in [2.24, 2.45) is 17.1 Å². The van der Waals surface area contributed by atoms with E-state index in [0.717, 1.165) is 0 Å². The summed E-state index contributed by atoms with van der Waals surface area (Å²) in [6, 6.07) is -0.526. The summed E-state index contributed by atoms with van der Waals surface area (Å²) in [6.07, 6.45) is 0.704. The Labute approximate surface area is 104 Å². The van der Waals surface area contributed by atoms with Gasteiger partial charge < -0.3 is 16.4 Å². The molecule has 2 amide bonds. The molecule has 2 unspecified atom stereocenters. The molecular weight excluding hydrogens is 218 g/mol. The SMILES string of the molecule is CNC(=O)C(C)NC(=O)C(CN)CC(C)(C)C. The van der Waals surface area contributed by atoms with Gasteiger partial charge in [0.05, 0.1) is 5.92 Å². The zero-order valence-electron chi connectivity index (χ0n) is 11.5. The van der Waals surface area contributed by atoms with Crippen LogP contribution >= 0.6 is 0 Å². The van der Waals surface area contributed by atoms with E-state index in [0.29, 0.717) is 13.0 Å². The van der Waals surface area contributed by atoms with Gasteiger partial charge in [0.1, 0.15) is 6.04 Å². The topological polar surface area (TPSA) is 84.2 Å². The lowest BCUT2D eigenvalue weighted by Crippen LogP contribution is -2.47. The first kappa shape index (κ1) is 15.9. The molecule has 4 N–H and O–H groups in total. The van der Waals surface area contributed by atoms with E-state index in [1.54, 1.807) is 14.0 Å². The lowest BCUT2D eigenvalue weighted by Gasteiger charge is -2.25. The van der Waals surface area contributed by atoms with Crippen LogP contribution in [0.4, 0.5) is 0 Å². The van der Waals surface area contributed by atoms with Crippen LogP contribution in [0.3, 0.4) is 0 Å². The fourth-order valence-electron chi connectivity index (χ4n) is 1.64. The molecule has 0 aliphatic carbocycles. The summed E-state index contributed by atoms with van der Waals surface area (Å²) in [5.74, 6) is -0.606. The third-order valence-corrected chi connectivity index (χ3v) is 2.51. The molecule has 5 heteroatoms. The Balaban J connectivity index is 4.41. The fourth-order valence-corrected chi connectivity index (χ4v) is 1.64. The zero-order valence-corrected chi connectivity index (χ0v) is 11.5. The van der Waals surface area contributed by atoms with E-state index in [4.69, 9.17) is 5.73 Å². The normalized spacial score (nSPS) is 14.9. The number of carbonyl (C=O) groups is 2.